The zero-order chi connectivity index (χ0) is 22.7. The van der Waals surface area contributed by atoms with Crippen LogP contribution in [-0.2, 0) is 14.3 Å². The van der Waals surface area contributed by atoms with Gasteiger partial charge in [0.1, 0.15) is 5.25 Å². The molecule has 2 amide bonds. The predicted octanol–water partition coefficient (Wildman–Crippen LogP) is 4.75. The van der Waals surface area contributed by atoms with Crippen molar-refractivity contribution in [2.45, 2.75) is 51.4 Å². The molecule has 2 aromatic rings. The summed E-state index contributed by atoms with van der Waals surface area (Å²) in [5.74, 6) is -0.244. The summed E-state index contributed by atoms with van der Waals surface area (Å²) in [5, 5.41) is 3.12. The summed E-state index contributed by atoms with van der Waals surface area (Å²) in [4.78, 5) is 32.5. The largest absolute Gasteiger partial charge is 0.376 e. The van der Waals surface area contributed by atoms with E-state index in [0.717, 1.165) is 47.5 Å². The normalized spacial score (nSPS) is 22.0. The second-order valence-corrected chi connectivity index (χ2v) is 9.66. The van der Waals surface area contributed by atoms with Crippen LogP contribution in [0.15, 0.2) is 47.5 Å². The highest BCUT2D eigenvalue weighted by Crippen LogP contribution is 2.33. The molecular weight excluding hydrogens is 422 g/mol. The number of nitrogens with zero attached hydrogens (tertiary/aromatic N) is 2. The van der Waals surface area contributed by atoms with Gasteiger partial charge in [0.05, 0.1) is 18.3 Å². The van der Waals surface area contributed by atoms with E-state index in [9.17, 15) is 9.59 Å². The first-order chi connectivity index (χ1) is 15.4. The molecule has 2 aliphatic rings. The number of benzene rings is 2. The lowest BCUT2D eigenvalue weighted by Crippen LogP contribution is -2.38. The minimum atomic E-state index is -0.495. The molecular formula is C25H29N3O3S. The SMILES string of the molecule is Cc1cccc(N=C2SC(CC(=O)Nc3cc(C)ccc3C)C(=O)N2CC2CCCO2)c1. The van der Waals surface area contributed by atoms with E-state index in [2.05, 4.69) is 5.32 Å². The smallest absolute Gasteiger partial charge is 0.242 e. The fraction of sp³-hybridized carbons (Fsp3) is 0.400. The molecule has 2 unspecified atom stereocenters. The van der Waals surface area contributed by atoms with Gasteiger partial charge in [0.15, 0.2) is 5.17 Å². The van der Waals surface area contributed by atoms with Crippen LogP contribution in [0.5, 0.6) is 0 Å². The van der Waals surface area contributed by atoms with Crippen LogP contribution in [-0.4, -0.2) is 46.4 Å². The van der Waals surface area contributed by atoms with Gasteiger partial charge < -0.3 is 10.1 Å². The van der Waals surface area contributed by atoms with E-state index in [4.69, 9.17) is 9.73 Å². The number of hydrogen-bond acceptors (Lipinski definition) is 5. The summed E-state index contributed by atoms with van der Waals surface area (Å²) >= 11 is 1.37. The maximum atomic E-state index is 13.3. The lowest BCUT2D eigenvalue weighted by molar-refractivity contribution is -0.129. The molecule has 7 heteroatoms. The number of nitrogens with one attached hydrogen (secondary N) is 1. The Bertz CT molecular complexity index is 1050. The average molecular weight is 452 g/mol. The van der Waals surface area contributed by atoms with Gasteiger partial charge in [-0.2, -0.15) is 0 Å². The van der Waals surface area contributed by atoms with E-state index in [1.807, 2.05) is 63.2 Å². The lowest BCUT2D eigenvalue weighted by atomic mass is 10.1. The van der Waals surface area contributed by atoms with Crippen molar-refractivity contribution in [1.82, 2.24) is 4.90 Å². The van der Waals surface area contributed by atoms with Gasteiger partial charge in [-0.3, -0.25) is 14.5 Å². The Labute approximate surface area is 193 Å². The minimum Gasteiger partial charge on any atom is -0.376 e. The molecule has 168 valence electrons. The highest BCUT2D eigenvalue weighted by molar-refractivity contribution is 8.15. The number of rotatable bonds is 6. The van der Waals surface area contributed by atoms with Crippen molar-refractivity contribution in [3.8, 4) is 0 Å². The molecule has 0 spiro atoms. The standard InChI is InChI=1S/C25H29N3O3S/c1-16-6-4-7-19(12-16)26-25-28(15-20-8-5-11-31-20)24(30)22(32-25)14-23(29)27-21-13-17(2)9-10-18(21)3/h4,6-7,9-10,12-13,20,22H,5,8,11,14-15H2,1-3H3,(H,27,29). The van der Waals surface area contributed by atoms with Crippen molar-refractivity contribution in [3.05, 3.63) is 59.2 Å². The van der Waals surface area contributed by atoms with Gasteiger partial charge in [0.25, 0.3) is 0 Å². The molecule has 1 N–H and O–H groups in total. The lowest BCUT2D eigenvalue weighted by Gasteiger charge is -2.20. The summed E-state index contributed by atoms with van der Waals surface area (Å²) in [5.41, 5.74) is 4.77. The Balaban J connectivity index is 1.51. The number of amidine groups is 1. The zero-order valence-corrected chi connectivity index (χ0v) is 19.6. The first-order valence-corrected chi connectivity index (χ1v) is 11.9. The molecule has 0 radical (unpaired) electrons. The van der Waals surface area contributed by atoms with Crippen LogP contribution >= 0.6 is 11.8 Å². The van der Waals surface area contributed by atoms with Crippen LogP contribution in [0.4, 0.5) is 11.4 Å². The molecule has 2 atom stereocenters. The van der Waals surface area contributed by atoms with Crippen LogP contribution in [0.3, 0.4) is 0 Å². The quantitative estimate of drug-likeness (QED) is 0.688. The number of aryl methyl sites for hydroxylation is 3. The molecule has 32 heavy (non-hydrogen) atoms. The number of hydrogen-bond donors (Lipinski definition) is 1. The van der Waals surface area contributed by atoms with Gasteiger partial charge in [-0.15, -0.1) is 0 Å². The van der Waals surface area contributed by atoms with E-state index < -0.39 is 5.25 Å². The Morgan fingerprint density at radius 2 is 2.00 bits per heavy atom. The van der Waals surface area contributed by atoms with Gasteiger partial charge in [0.2, 0.25) is 11.8 Å². The molecule has 2 fully saturated rings. The molecule has 0 aromatic heterocycles. The van der Waals surface area contributed by atoms with Gasteiger partial charge in [0, 0.05) is 18.7 Å². The van der Waals surface area contributed by atoms with Crippen molar-refractivity contribution in [2.75, 3.05) is 18.5 Å². The highest BCUT2D eigenvalue weighted by atomic mass is 32.2. The molecule has 2 aromatic carbocycles. The van der Waals surface area contributed by atoms with Gasteiger partial charge in [-0.25, -0.2) is 4.99 Å². The molecule has 6 nitrogen and oxygen atoms in total. The number of ether oxygens (including phenoxy) is 1. The van der Waals surface area contributed by atoms with Crippen molar-refractivity contribution in [2.24, 2.45) is 4.99 Å². The van der Waals surface area contributed by atoms with Crippen LogP contribution in [0.2, 0.25) is 0 Å². The topological polar surface area (TPSA) is 71.0 Å². The van der Waals surface area contributed by atoms with Crippen LogP contribution in [0, 0.1) is 20.8 Å². The van der Waals surface area contributed by atoms with Crippen molar-refractivity contribution >= 4 is 40.1 Å². The fourth-order valence-corrected chi connectivity index (χ4v) is 5.10. The summed E-state index contributed by atoms with van der Waals surface area (Å²) in [6.45, 7) is 7.17. The van der Waals surface area contributed by atoms with Crippen LogP contribution in [0.25, 0.3) is 0 Å². The van der Waals surface area contributed by atoms with E-state index >= 15 is 0 Å². The highest BCUT2D eigenvalue weighted by Gasteiger charge is 2.40. The van der Waals surface area contributed by atoms with Gasteiger partial charge >= 0.3 is 0 Å². The second-order valence-electron chi connectivity index (χ2n) is 8.49. The van der Waals surface area contributed by atoms with Crippen molar-refractivity contribution in [1.29, 1.82) is 0 Å². The first-order valence-electron chi connectivity index (χ1n) is 11.0. The van der Waals surface area contributed by atoms with Crippen LogP contribution in [0.1, 0.15) is 36.0 Å². The summed E-state index contributed by atoms with van der Waals surface area (Å²) in [6.07, 6.45) is 2.06. The number of carbonyl (C=O) groups excluding carboxylic acids is 2. The fourth-order valence-electron chi connectivity index (χ4n) is 3.93. The number of aliphatic imine (C=N–C) groups is 1. The summed E-state index contributed by atoms with van der Waals surface area (Å²) < 4.78 is 5.76. The maximum absolute atomic E-state index is 13.3. The molecule has 2 aliphatic heterocycles. The second kappa shape index (κ2) is 9.88. The number of amides is 2. The van der Waals surface area contributed by atoms with Crippen LogP contribution < -0.4 is 5.32 Å². The van der Waals surface area contributed by atoms with E-state index in [-0.39, 0.29) is 24.3 Å². The number of thioether (sulfide) groups is 1. The molecule has 0 saturated carbocycles. The average Bonchev–Trinajstić information content (AvgIpc) is 3.35. The Kier molecular flexibility index (Phi) is 6.96. The Morgan fingerprint density at radius 3 is 2.75 bits per heavy atom. The number of carbonyl (C=O) groups is 2. The zero-order valence-electron chi connectivity index (χ0n) is 18.8. The van der Waals surface area contributed by atoms with E-state index in [1.165, 1.54) is 11.8 Å². The monoisotopic (exact) mass is 451 g/mol. The summed E-state index contributed by atoms with van der Waals surface area (Å²) in [7, 11) is 0. The Hall–Kier alpha value is -2.64. The third-order valence-corrected chi connectivity index (χ3v) is 6.87. The maximum Gasteiger partial charge on any atom is 0.242 e. The molecule has 4 rings (SSSR count). The summed E-state index contributed by atoms with van der Waals surface area (Å²) in [6, 6.07) is 13.8. The Morgan fingerprint density at radius 1 is 1.19 bits per heavy atom. The molecule has 0 bridgehead atoms. The molecule has 0 aliphatic carbocycles. The van der Waals surface area contributed by atoms with Crippen molar-refractivity contribution in [3.63, 3.8) is 0 Å². The third-order valence-electron chi connectivity index (χ3n) is 5.69. The minimum absolute atomic E-state index is 0.0183. The van der Waals surface area contributed by atoms with Gasteiger partial charge in [-0.05, 0) is 68.5 Å². The molecule has 2 saturated heterocycles. The predicted molar refractivity (Wildman–Crippen MR) is 130 cm³/mol. The number of anilines is 1. The van der Waals surface area contributed by atoms with E-state index in [1.54, 1.807) is 4.90 Å². The first kappa shape index (κ1) is 22.6. The van der Waals surface area contributed by atoms with E-state index in [0.29, 0.717) is 11.7 Å². The van der Waals surface area contributed by atoms with Gasteiger partial charge in [-0.1, -0.05) is 36.0 Å². The molecule has 2 heterocycles. The van der Waals surface area contributed by atoms with Crippen molar-refractivity contribution < 1.29 is 14.3 Å². The third kappa shape index (κ3) is 5.40.